The fourth-order valence-electron chi connectivity index (χ4n) is 2.36. The Hall–Kier alpha value is -1.10. The van der Waals surface area contributed by atoms with Gasteiger partial charge >= 0.3 is 0 Å². The van der Waals surface area contributed by atoms with Crippen molar-refractivity contribution < 1.29 is 19.3 Å². The summed E-state index contributed by atoms with van der Waals surface area (Å²) in [6.45, 7) is 3.26. The lowest BCUT2D eigenvalue weighted by Crippen LogP contribution is -2.28. The molecule has 1 aromatic rings. The average Bonchev–Trinajstić information content (AvgIpc) is 2.53. The summed E-state index contributed by atoms with van der Waals surface area (Å²) in [6.07, 6.45) is 2.67. The molecule has 1 aromatic carbocycles. The molecular weight excluding hydrogens is 256 g/mol. The summed E-state index contributed by atoms with van der Waals surface area (Å²) in [6, 6.07) is 7.41. The second-order valence-corrected chi connectivity index (χ2v) is 5.25. The van der Waals surface area contributed by atoms with Crippen molar-refractivity contribution in [1.29, 1.82) is 0 Å². The Labute approximate surface area is 120 Å². The van der Waals surface area contributed by atoms with Crippen LogP contribution in [0.1, 0.15) is 37.9 Å². The van der Waals surface area contributed by atoms with Gasteiger partial charge in [-0.3, -0.25) is 0 Å². The topological polar surface area (TPSA) is 47.9 Å². The maximum Gasteiger partial charge on any atom is 0.118 e. The van der Waals surface area contributed by atoms with E-state index in [2.05, 4.69) is 0 Å². The maximum atomic E-state index is 10.3. The molecule has 3 atom stereocenters. The fraction of sp³-hybridized carbons (Fsp3) is 0.625. The second-order valence-electron chi connectivity index (χ2n) is 5.25. The number of aliphatic hydroxyl groups is 1. The maximum absolute atomic E-state index is 10.3. The molecule has 1 heterocycles. The molecule has 1 saturated heterocycles. The first-order chi connectivity index (χ1) is 9.70. The molecule has 0 aliphatic carbocycles. The van der Waals surface area contributed by atoms with Crippen LogP contribution < -0.4 is 4.74 Å². The van der Waals surface area contributed by atoms with E-state index >= 15 is 0 Å². The van der Waals surface area contributed by atoms with Crippen LogP contribution in [0.3, 0.4) is 0 Å². The summed E-state index contributed by atoms with van der Waals surface area (Å²) < 4.78 is 16.5. The minimum absolute atomic E-state index is 0.175. The van der Waals surface area contributed by atoms with Crippen molar-refractivity contribution in [1.82, 2.24) is 0 Å². The quantitative estimate of drug-likeness (QED) is 0.870. The molecule has 1 aliphatic rings. The zero-order valence-corrected chi connectivity index (χ0v) is 12.2. The van der Waals surface area contributed by atoms with Gasteiger partial charge in [0.2, 0.25) is 0 Å². The van der Waals surface area contributed by atoms with Gasteiger partial charge in [0.25, 0.3) is 0 Å². The highest BCUT2D eigenvalue weighted by atomic mass is 16.5. The largest absolute Gasteiger partial charge is 0.497 e. The standard InChI is InChI=1S/C16H24O4/c1-12(20-11-15-5-3-4-10-19-15)16(17)13-6-8-14(18-2)9-7-13/h6-9,12,15-17H,3-5,10-11H2,1-2H3. The van der Waals surface area contributed by atoms with Crippen molar-refractivity contribution in [2.75, 3.05) is 20.3 Å². The predicted molar refractivity (Wildman–Crippen MR) is 77.0 cm³/mol. The van der Waals surface area contributed by atoms with Crippen LogP contribution in [0.25, 0.3) is 0 Å². The van der Waals surface area contributed by atoms with Gasteiger partial charge in [0, 0.05) is 6.61 Å². The van der Waals surface area contributed by atoms with Crippen LogP contribution in [0.2, 0.25) is 0 Å². The van der Waals surface area contributed by atoms with Crippen LogP contribution in [0.15, 0.2) is 24.3 Å². The highest BCUT2D eigenvalue weighted by Crippen LogP contribution is 2.22. The van der Waals surface area contributed by atoms with Gasteiger partial charge in [-0.25, -0.2) is 0 Å². The Morgan fingerprint density at radius 2 is 2.05 bits per heavy atom. The number of benzene rings is 1. The fourth-order valence-corrected chi connectivity index (χ4v) is 2.36. The molecule has 112 valence electrons. The van der Waals surface area contributed by atoms with E-state index in [-0.39, 0.29) is 12.2 Å². The van der Waals surface area contributed by atoms with Crippen LogP contribution >= 0.6 is 0 Å². The van der Waals surface area contributed by atoms with Crippen molar-refractivity contribution >= 4 is 0 Å². The van der Waals surface area contributed by atoms with Crippen LogP contribution in [-0.2, 0) is 9.47 Å². The lowest BCUT2D eigenvalue weighted by molar-refractivity contribution is -0.0886. The van der Waals surface area contributed by atoms with Crippen molar-refractivity contribution in [2.24, 2.45) is 0 Å². The molecule has 0 radical (unpaired) electrons. The van der Waals surface area contributed by atoms with Gasteiger partial charge in [-0.05, 0) is 43.9 Å². The molecule has 0 spiro atoms. The van der Waals surface area contributed by atoms with Crippen molar-refractivity contribution in [3.05, 3.63) is 29.8 Å². The van der Waals surface area contributed by atoms with Crippen molar-refractivity contribution in [3.8, 4) is 5.75 Å². The predicted octanol–water partition coefficient (Wildman–Crippen LogP) is 2.70. The molecule has 0 saturated carbocycles. The van der Waals surface area contributed by atoms with Crippen molar-refractivity contribution in [3.63, 3.8) is 0 Å². The van der Waals surface area contributed by atoms with Crippen molar-refractivity contribution in [2.45, 2.75) is 44.5 Å². The third-order valence-corrected chi connectivity index (χ3v) is 3.72. The first-order valence-corrected chi connectivity index (χ1v) is 7.26. The monoisotopic (exact) mass is 280 g/mol. The first-order valence-electron chi connectivity index (χ1n) is 7.26. The van der Waals surface area contributed by atoms with Gasteiger partial charge < -0.3 is 19.3 Å². The Morgan fingerprint density at radius 1 is 1.30 bits per heavy atom. The molecule has 0 aromatic heterocycles. The smallest absolute Gasteiger partial charge is 0.118 e. The molecule has 4 nitrogen and oxygen atoms in total. The summed E-state index contributed by atoms with van der Waals surface area (Å²) in [7, 11) is 1.63. The molecule has 20 heavy (non-hydrogen) atoms. The van der Waals surface area contributed by atoms with Crippen LogP contribution in [0.4, 0.5) is 0 Å². The van der Waals surface area contributed by atoms with Gasteiger partial charge in [0.05, 0.1) is 25.9 Å². The van der Waals surface area contributed by atoms with Gasteiger partial charge in [-0.1, -0.05) is 12.1 Å². The highest BCUT2D eigenvalue weighted by Gasteiger charge is 2.20. The molecule has 1 N–H and O–H groups in total. The third kappa shape index (κ3) is 4.20. The van der Waals surface area contributed by atoms with Crippen LogP contribution in [0, 0.1) is 0 Å². The number of aliphatic hydroxyl groups excluding tert-OH is 1. The van der Waals surface area contributed by atoms with Crippen LogP contribution in [-0.4, -0.2) is 37.6 Å². The molecule has 1 aliphatic heterocycles. The number of methoxy groups -OCH3 is 1. The Morgan fingerprint density at radius 3 is 2.65 bits per heavy atom. The Bertz CT molecular complexity index is 384. The molecule has 0 bridgehead atoms. The minimum atomic E-state index is -0.635. The zero-order chi connectivity index (χ0) is 14.4. The van der Waals surface area contributed by atoms with E-state index in [4.69, 9.17) is 14.2 Å². The van der Waals surface area contributed by atoms with E-state index in [1.165, 1.54) is 6.42 Å². The number of hydrogen-bond acceptors (Lipinski definition) is 4. The number of hydrogen-bond donors (Lipinski definition) is 1. The molecule has 0 amide bonds. The minimum Gasteiger partial charge on any atom is -0.497 e. The lowest BCUT2D eigenvalue weighted by atomic mass is 10.1. The van der Waals surface area contributed by atoms with E-state index in [9.17, 15) is 5.11 Å². The summed E-state index contributed by atoms with van der Waals surface area (Å²) >= 11 is 0. The van der Waals surface area contributed by atoms with E-state index in [0.717, 1.165) is 30.8 Å². The molecule has 3 unspecified atom stereocenters. The van der Waals surface area contributed by atoms with E-state index in [1.807, 2.05) is 31.2 Å². The second kappa shape index (κ2) is 7.62. The molecular formula is C16H24O4. The Kier molecular flexibility index (Phi) is 5.83. The van der Waals surface area contributed by atoms with E-state index in [1.54, 1.807) is 7.11 Å². The first kappa shape index (κ1) is 15.3. The number of ether oxygens (including phenoxy) is 3. The molecule has 4 heteroatoms. The van der Waals surface area contributed by atoms with Gasteiger partial charge in [-0.15, -0.1) is 0 Å². The average molecular weight is 280 g/mol. The molecule has 2 rings (SSSR count). The normalized spacial score (nSPS) is 22.2. The summed E-state index contributed by atoms with van der Waals surface area (Å²) in [5.41, 5.74) is 0.836. The summed E-state index contributed by atoms with van der Waals surface area (Å²) in [5, 5.41) is 10.3. The SMILES string of the molecule is COc1ccc(C(O)C(C)OCC2CCCCO2)cc1. The van der Waals surface area contributed by atoms with Gasteiger partial charge in [-0.2, -0.15) is 0 Å². The lowest BCUT2D eigenvalue weighted by Gasteiger charge is -2.26. The summed E-state index contributed by atoms with van der Waals surface area (Å²) in [4.78, 5) is 0. The van der Waals surface area contributed by atoms with Gasteiger partial charge in [0.1, 0.15) is 11.9 Å². The van der Waals surface area contributed by atoms with E-state index < -0.39 is 6.10 Å². The molecule has 1 fully saturated rings. The zero-order valence-electron chi connectivity index (χ0n) is 12.2. The highest BCUT2D eigenvalue weighted by molar-refractivity contribution is 5.28. The summed E-state index contributed by atoms with van der Waals surface area (Å²) in [5.74, 6) is 0.783. The van der Waals surface area contributed by atoms with Crippen LogP contribution in [0.5, 0.6) is 5.75 Å². The van der Waals surface area contributed by atoms with E-state index in [0.29, 0.717) is 6.61 Å². The number of rotatable bonds is 6. The third-order valence-electron chi connectivity index (χ3n) is 3.72. The Balaban J connectivity index is 1.82. The van der Waals surface area contributed by atoms with Gasteiger partial charge in [0.15, 0.2) is 0 Å².